The minimum absolute atomic E-state index is 0.299. The number of methoxy groups -OCH3 is 2. The second kappa shape index (κ2) is 9.60. The summed E-state index contributed by atoms with van der Waals surface area (Å²) in [7, 11) is 2.93. The second-order valence-electron chi connectivity index (χ2n) is 6.12. The average Bonchev–Trinajstić information content (AvgIpc) is 3.27. The molecule has 1 N–H and O–H groups in total. The van der Waals surface area contributed by atoms with E-state index in [1.54, 1.807) is 36.5 Å². The van der Waals surface area contributed by atoms with Gasteiger partial charge < -0.3 is 19.5 Å². The molecule has 9 heteroatoms. The number of nitrogens with zero attached hydrogens (tertiary/aromatic N) is 1. The van der Waals surface area contributed by atoms with Crippen molar-refractivity contribution in [2.45, 2.75) is 6.92 Å². The molecule has 0 radical (unpaired) electrons. The molecule has 2 heterocycles. The van der Waals surface area contributed by atoms with E-state index >= 15 is 0 Å². The number of ether oxygens (including phenoxy) is 3. The molecule has 30 heavy (non-hydrogen) atoms. The Balaban J connectivity index is 1.64. The standard InChI is InChI=1S/C21H19ClN2O5S/c1-12-13(6-7-15(23-12)19-5-4-8-30-19)21(26)29-11-20(25)24-16-9-14(22)17(27-2)10-18(16)28-3/h4-10H,11H2,1-3H3,(H,24,25). The monoisotopic (exact) mass is 446 g/mol. The van der Waals surface area contributed by atoms with Crippen molar-refractivity contribution in [3.8, 4) is 22.1 Å². The van der Waals surface area contributed by atoms with Crippen LogP contribution in [0.3, 0.4) is 0 Å². The van der Waals surface area contributed by atoms with E-state index in [4.69, 9.17) is 25.8 Å². The van der Waals surface area contributed by atoms with Gasteiger partial charge in [0, 0.05) is 6.07 Å². The van der Waals surface area contributed by atoms with Gasteiger partial charge in [0.1, 0.15) is 11.5 Å². The lowest BCUT2D eigenvalue weighted by Gasteiger charge is -2.13. The Labute approximate surface area is 182 Å². The third-order valence-electron chi connectivity index (χ3n) is 4.16. The van der Waals surface area contributed by atoms with Gasteiger partial charge >= 0.3 is 5.97 Å². The van der Waals surface area contributed by atoms with E-state index in [0.29, 0.717) is 33.5 Å². The van der Waals surface area contributed by atoms with E-state index in [0.717, 1.165) is 10.6 Å². The molecule has 0 aliphatic heterocycles. The van der Waals surface area contributed by atoms with E-state index in [2.05, 4.69) is 10.3 Å². The predicted molar refractivity (Wildman–Crippen MR) is 116 cm³/mol. The molecule has 1 amide bonds. The molecule has 3 rings (SSSR count). The van der Waals surface area contributed by atoms with Gasteiger partial charge in [0.05, 0.1) is 46.8 Å². The third kappa shape index (κ3) is 4.90. The molecule has 0 aliphatic carbocycles. The highest BCUT2D eigenvalue weighted by molar-refractivity contribution is 7.13. The lowest BCUT2D eigenvalue weighted by Crippen LogP contribution is -2.21. The number of carbonyl (C=O) groups is 2. The van der Waals surface area contributed by atoms with Gasteiger partial charge in [-0.05, 0) is 36.6 Å². The topological polar surface area (TPSA) is 86.8 Å². The fraction of sp³-hybridized carbons (Fsp3) is 0.190. The Hall–Kier alpha value is -3.10. The number of thiophene rings is 1. The van der Waals surface area contributed by atoms with Crippen molar-refractivity contribution in [2.75, 3.05) is 26.1 Å². The fourth-order valence-electron chi connectivity index (χ4n) is 2.69. The molecule has 0 saturated heterocycles. The number of anilines is 1. The molecule has 7 nitrogen and oxygen atoms in total. The summed E-state index contributed by atoms with van der Waals surface area (Å²) in [5.74, 6) is -0.400. The second-order valence-corrected chi connectivity index (χ2v) is 7.47. The normalized spacial score (nSPS) is 10.4. The molecule has 0 atom stereocenters. The molecular weight excluding hydrogens is 428 g/mol. The van der Waals surface area contributed by atoms with E-state index < -0.39 is 18.5 Å². The number of hydrogen-bond donors (Lipinski definition) is 1. The number of pyridine rings is 1. The van der Waals surface area contributed by atoms with Gasteiger partial charge in [-0.2, -0.15) is 0 Å². The summed E-state index contributed by atoms with van der Waals surface area (Å²) in [5.41, 5.74) is 1.94. The van der Waals surface area contributed by atoms with Crippen LogP contribution in [0.15, 0.2) is 41.8 Å². The number of halogens is 1. The maximum Gasteiger partial charge on any atom is 0.340 e. The molecule has 0 spiro atoms. The van der Waals surface area contributed by atoms with E-state index in [-0.39, 0.29) is 0 Å². The van der Waals surface area contributed by atoms with Crippen LogP contribution in [0.1, 0.15) is 16.1 Å². The Bertz CT molecular complexity index is 1070. The molecule has 1 aromatic carbocycles. The van der Waals surface area contributed by atoms with Gasteiger partial charge in [-0.1, -0.05) is 17.7 Å². The Morgan fingerprint density at radius 2 is 1.90 bits per heavy atom. The van der Waals surface area contributed by atoms with Crippen molar-refractivity contribution in [3.05, 3.63) is 58.1 Å². The predicted octanol–water partition coefficient (Wildman–Crippen LogP) is 4.58. The van der Waals surface area contributed by atoms with Crippen LogP contribution in [0, 0.1) is 6.92 Å². The van der Waals surface area contributed by atoms with Crippen LogP contribution in [0.5, 0.6) is 11.5 Å². The highest BCUT2D eigenvalue weighted by Crippen LogP contribution is 2.35. The largest absolute Gasteiger partial charge is 0.495 e. The number of benzene rings is 1. The minimum atomic E-state index is -0.632. The smallest absolute Gasteiger partial charge is 0.340 e. The highest BCUT2D eigenvalue weighted by atomic mass is 35.5. The summed E-state index contributed by atoms with van der Waals surface area (Å²) in [6, 6.07) is 10.3. The average molecular weight is 447 g/mol. The fourth-order valence-corrected chi connectivity index (χ4v) is 3.63. The van der Waals surface area contributed by atoms with Crippen LogP contribution in [-0.2, 0) is 9.53 Å². The van der Waals surface area contributed by atoms with Gasteiger partial charge in [0.15, 0.2) is 6.61 Å². The zero-order chi connectivity index (χ0) is 21.7. The van der Waals surface area contributed by atoms with Crippen molar-refractivity contribution in [1.29, 1.82) is 0 Å². The van der Waals surface area contributed by atoms with Crippen LogP contribution in [0.25, 0.3) is 10.6 Å². The molecule has 0 bridgehead atoms. The van der Waals surface area contributed by atoms with Crippen molar-refractivity contribution in [2.24, 2.45) is 0 Å². The van der Waals surface area contributed by atoms with Crippen LogP contribution in [0.2, 0.25) is 5.02 Å². The zero-order valence-electron chi connectivity index (χ0n) is 16.5. The number of esters is 1. The molecule has 0 saturated carbocycles. The number of aromatic nitrogens is 1. The van der Waals surface area contributed by atoms with Gasteiger partial charge in [-0.3, -0.25) is 9.78 Å². The first kappa shape index (κ1) is 21.6. The summed E-state index contributed by atoms with van der Waals surface area (Å²) in [4.78, 5) is 30.1. The first-order valence-corrected chi connectivity index (χ1v) is 10.1. The van der Waals surface area contributed by atoms with Gasteiger partial charge in [-0.15, -0.1) is 11.3 Å². The molecule has 2 aromatic heterocycles. The van der Waals surface area contributed by atoms with Gasteiger partial charge in [0.2, 0.25) is 0 Å². The summed E-state index contributed by atoms with van der Waals surface area (Å²) < 4.78 is 15.5. The van der Waals surface area contributed by atoms with Gasteiger partial charge in [-0.25, -0.2) is 4.79 Å². The number of rotatable bonds is 7. The summed E-state index contributed by atoms with van der Waals surface area (Å²) in [6.07, 6.45) is 0. The molecule has 0 aliphatic rings. The zero-order valence-corrected chi connectivity index (χ0v) is 18.1. The first-order chi connectivity index (χ1) is 14.4. The van der Waals surface area contributed by atoms with Gasteiger partial charge in [0.25, 0.3) is 5.91 Å². The Morgan fingerprint density at radius 3 is 2.53 bits per heavy atom. The number of amides is 1. The van der Waals surface area contributed by atoms with E-state index in [1.807, 2.05) is 17.5 Å². The summed E-state index contributed by atoms with van der Waals surface area (Å²) >= 11 is 7.65. The minimum Gasteiger partial charge on any atom is -0.495 e. The maximum atomic E-state index is 12.4. The van der Waals surface area contributed by atoms with Crippen LogP contribution < -0.4 is 14.8 Å². The number of nitrogens with one attached hydrogen (secondary N) is 1. The highest BCUT2D eigenvalue weighted by Gasteiger charge is 2.17. The lowest BCUT2D eigenvalue weighted by atomic mass is 10.2. The van der Waals surface area contributed by atoms with Crippen molar-refractivity contribution < 1.29 is 23.8 Å². The lowest BCUT2D eigenvalue weighted by molar-refractivity contribution is -0.119. The summed E-state index contributed by atoms with van der Waals surface area (Å²) in [5, 5.41) is 4.87. The molecular formula is C21H19ClN2O5S. The molecule has 3 aromatic rings. The molecule has 0 fully saturated rings. The number of aryl methyl sites for hydroxylation is 1. The Morgan fingerprint density at radius 1 is 1.13 bits per heavy atom. The maximum absolute atomic E-state index is 12.4. The van der Waals surface area contributed by atoms with Crippen LogP contribution >= 0.6 is 22.9 Å². The third-order valence-corrected chi connectivity index (χ3v) is 5.35. The first-order valence-electron chi connectivity index (χ1n) is 8.83. The number of carbonyl (C=O) groups excluding carboxylic acids is 2. The van der Waals surface area contributed by atoms with Crippen molar-refractivity contribution in [3.63, 3.8) is 0 Å². The van der Waals surface area contributed by atoms with Crippen molar-refractivity contribution in [1.82, 2.24) is 4.98 Å². The van der Waals surface area contributed by atoms with Crippen molar-refractivity contribution >= 4 is 40.5 Å². The summed E-state index contributed by atoms with van der Waals surface area (Å²) in [6.45, 7) is 1.25. The quantitative estimate of drug-likeness (QED) is 0.534. The SMILES string of the molecule is COc1cc(OC)c(NC(=O)COC(=O)c2ccc(-c3cccs3)nc2C)cc1Cl. The van der Waals surface area contributed by atoms with E-state index in [9.17, 15) is 9.59 Å². The number of hydrogen-bond acceptors (Lipinski definition) is 7. The van der Waals surface area contributed by atoms with Crippen LogP contribution in [-0.4, -0.2) is 37.7 Å². The van der Waals surface area contributed by atoms with E-state index in [1.165, 1.54) is 20.3 Å². The Kier molecular flexibility index (Phi) is 6.91. The van der Waals surface area contributed by atoms with Crippen LogP contribution in [0.4, 0.5) is 5.69 Å². The molecule has 0 unspecified atom stereocenters. The molecule has 156 valence electrons.